The number of hydrogen-bond acceptors (Lipinski definition) is 1. The molecule has 1 heterocycles. The fraction of sp³-hybridized carbons (Fsp3) is 0.182. The second-order valence-corrected chi connectivity index (χ2v) is 3.65. The number of carbonyl (C=O) groups is 1. The standard InChI is InChI=1S/C11H11ClN2O/c12-11(15)13-6-5-8-7-14-10-4-2-1-3-9(8)10/h1-4,7,14H,5-6H2,(H,13,15). The minimum Gasteiger partial charge on any atom is -0.361 e. The molecule has 15 heavy (non-hydrogen) atoms. The van der Waals surface area contributed by atoms with Crippen molar-refractivity contribution in [1.82, 2.24) is 10.3 Å². The van der Waals surface area contributed by atoms with Crippen LogP contribution in [0.2, 0.25) is 0 Å². The molecule has 1 aromatic carbocycles. The third kappa shape index (κ3) is 2.30. The number of fused-ring (bicyclic) bond motifs is 1. The molecule has 4 heteroatoms. The summed E-state index contributed by atoms with van der Waals surface area (Å²) in [5.41, 5.74) is 2.31. The number of H-pyrrole nitrogens is 1. The number of carbonyl (C=O) groups excluding carboxylic acids is 1. The Morgan fingerprint density at radius 3 is 3.00 bits per heavy atom. The van der Waals surface area contributed by atoms with E-state index in [0.717, 1.165) is 11.9 Å². The van der Waals surface area contributed by atoms with Gasteiger partial charge in [-0.3, -0.25) is 4.79 Å². The van der Waals surface area contributed by atoms with Gasteiger partial charge in [0, 0.05) is 23.6 Å². The van der Waals surface area contributed by atoms with Crippen molar-refractivity contribution >= 4 is 27.9 Å². The van der Waals surface area contributed by atoms with Gasteiger partial charge in [-0.1, -0.05) is 18.2 Å². The lowest BCUT2D eigenvalue weighted by molar-refractivity contribution is 0.260. The van der Waals surface area contributed by atoms with Crippen LogP contribution in [0.3, 0.4) is 0 Å². The topological polar surface area (TPSA) is 44.9 Å². The molecule has 0 aliphatic heterocycles. The first-order valence-electron chi connectivity index (χ1n) is 4.75. The fourth-order valence-corrected chi connectivity index (χ4v) is 1.73. The molecule has 0 aliphatic rings. The molecule has 1 amide bonds. The normalized spacial score (nSPS) is 10.5. The highest BCUT2D eigenvalue weighted by molar-refractivity contribution is 6.62. The van der Waals surface area contributed by atoms with Crippen LogP contribution in [0.1, 0.15) is 5.56 Å². The van der Waals surface area contributed by atoms with E-state index in [4.69, 9.17) is 11.6 Å². The lowest BCUT2D eigenvalue weighted by Gasteiger charge is -1.99. The molecule has 3 nitrogen and oxygen atoms in total. The van der Waals surface area contributed by atoms with Crippen molar-refractivity contribution in [3.05, 3.63) is 36.0 Å². The van der Waals surface area contributed by atoms with Crippen molar-refractivity contribution < 1.29 is 4.79 Å². The van der Waals surface area contributed by atoms with Crippen LogP contribution in [0.15, 0.2) is 30.5 Å². The first-order chi connectivity index (χ1) is 7.27. The van der Waals surface area contributed by atoms with Crippen LogP contribution < -0.4 is 5.32 Å². The first kappa shape index (κ1) is 10.1. The maximum atomic E-state index is 10.5. The smallest absolute Gasteiger partial charge is 0.313 e. The molecule has 1 aromatic heterocycles. The second-order valence-electron chi connectivity index (χ2n) is 3.31. The summed E-state index contributed by atoms with van der Waals surface area (Å²) in [5.74, 6) is 0. The highest BCUT2D eigenvalue weighted by atomic mass is 35.5. The summed E-state index contributed by atoms with van der Waals surface area (Å²) >= 11 is 5.18. The number of amides is 1. The average Bonchev–Trinajstić information content (AvgIpc) is 2.62. The van der Waals surface area contributed by atoms with E-state index >= 15 is 0 Å². The third-order valence-corrected chi connectivity index (χ3v) is 2.47. The number of rotatable bonds is 3. The number of nitrogens with one attached hydrogen (secondary N) is 2. The van der Waals surface area contributed by atoms with E-state index in [9.17, 15) is 4.79 Å². The summed E-state index contributed by atoms with van der Waals surface area (Å²) in [6, 6.07) is 8.08. The molecule has 2 aromatic rings. The average molecular weight is 223 g/mol. The SMILES string of the molecule is O=C(Cl)NCCc1c[nH]c2ccccc12. The summed E-state index contributed by atoms with van der Waals surface area (Å²) in [6.45, 7) is 0.560. The van der Waals surface area contributed by atoms with Gasteiger partial charge >= 0.3 is 5.37 Å². The lowest BCUT2D eigenvalue weighted by Crippen LogP contribution is -2.19. The van der Waals surface area contributed by atoms with Crippen LogP contribution in [-0.4, -0.2) is 16.9 Å². The number of benzene rings is 1. The van der Waals surface area contributed by atoms with Gasteiger partial charge in [-0.05, 0) is 29.7 Å². The Labute approximate surface area is 92.4 Å². The molecule has 0 unspecified atom stereocenters. The molecule has 0 spiro atoms. The highest BCUT2D eigenvalue weighted by Gasteiger charge is 2.02. The maximum absolute atomic E-state index is 10.5. The molecule has 78 valence electrons. The van der Waals surface area contributed by atoms with E-state index in [1.165, 1.54) is 10.9 Å². The van der Waals surface area contributed by atoms with E-state index in [2.05, 4.69) is 16.4 Å². The van der Waals surface area contributed by atoms with Crippen molar-refractivity contribution in [3.63, 3.8) is 0 Å². The van der Waals surface area contributed by atoms with Gasteiger partial charge < -0.3 is 10.3 Å². The quantitative estimate of drug-likeness (QED) is 0.609. The van der Waals surface area contributed by atoms with Crippen molar-refractivity contribution in [1.29, 1.82) is 0 Å². The maximum Gasteiger partial charge on any atom is 0.313 e. The van der Waals surface area contributed by atoms with Crippen LogP contribution in [0, 0.1) is 0 Å². The zero-order chi connectivity index (χ0) is 10.7. The molecule has 2 rings (SSSR count). The Morgan fingerprint density at radius 2 is 2.20 bits per heavy atom. The molecule has 0 fully saturated rings. The first-order valence-corrected chi connectivity index (χ1v) is 5.13. The van der Waals surface area contributed by atoms with Gasteiger partial charge in [-0.25, -0.2) is 0 Å². The van der Waals surface area contributed by atoms with Crippen LogP contribution >= 0.6 is 11.6 Å². The van der Waals surface area contributed by atoms with Crippen molar-refractivity contribution in [2.24, 2.45) is 0 Å². The number of hydrogen-bond donors (Lipinski definition) is 2. The van der Waals surface area contributed by atoms with Crippen LogP contribution in [0.5, 0.6) is 0 Å². The summed E-state index contributed by atoms with van der Waals surface area (Å²) in [4.78, 5) is 13.7. The Balaban J connectivity index is 2.11. The van der Waals surface area contributed by atoms with Crippen LogP contribution in [-0.2, 0) is 6.42 Å². The van der Waals surface area contributed by atoms with E-state index in [1.807, 2.05) is 24.4 Å². The summed E-state index contributed by atoms with van der Waals surface area (Å²) in [6.07, 6.45) is 2.74. The van der Waals surface area contributed by atoms with Gasteiger partial charge in [-0.2, -0.15) is 0 Å². The van der Waals surface area contributed by atoms with Crippen molar-refractivity contribution in [2.75, 3.05) is 6.54 Å². The molecule has 2 N–H and O–H groups in total. The molecule has 0 aliphatic carbocycles. The molecule has 0 atom stereocenters. The van der Waals surface area contributed by atoms with Crippen LogP contribution in [0.25, 0.3) is 10.9 Å². The molecule has 0 bridgehead atoms. The van der Waals surface area contributed by atoms with Gasteiger partial charge in [0.1, 0.15) is 0 Å². The van der Waals surface area contributed by atoms with E-state index in [1.54, 1.807) is 0 Å². The van der Waals surface area contributed by atoms with E-state index in [-0.39, 0.29) is 0 Å². The van der Waals surface area contributed by atoms with E-state index in [0.29, 0.717) is 6.54 Å². The molecular weight excluding hydrogens is 212 g/mol. The van der Waals surface area contributed by atoms with Crippen LogP contribution in [0.4, 0.5) is 4.79 Å². The van der Waals surface area contributed by atoms with Gasteiger partial charge in [0.25, 0.3) is 0 Å². The van der Waals surface area contributed by atoms with Gasteiger partial charge in [0.2, 0.25) is 0 Å². The van der Waals surface area contributed by atoms with Gasteiger partial charge in [0.15, 0.2) is 0 Å². The van der Waals surface area contributed by atoms with Crippen molar-refractivity contribution in [2.45, 2.75) is 6.42 Å². The number of aromatic amines is 1. The van der Waals surface area contributed by atoms with Crippen molar-refractivity contribution in [3.8, 4) is 0 Å². The number of aromatic nitrogens is 1. The summed E-state index contributed by atoms with van der Waals surface area (Å²) < 4.78 is 0. The van der Waals surface area contributed by atoms with E-state index < -0.39 is 5.37 Å². The number of halogens is 1. The zero-order valence-corrected chi connectivity index (χ0v) is 8.84. The Morgan fingerprint density at radius 1 is 1.40 bits per heavy atom. The zero-order valence-electron chi connectivity index (χ0n) is 8.09. The number of para-hydroxylation sites is 1. The monoisotopic (exact) mass is 222 g/mol. The van der Waals surface area contributed by atoms with Gasteiger partial charge in [-0.15, -0.1) is 0 Å². The Bertz CT molecular complexity index is 478. The van der Waals surface area contributed by atoms with Gasteiger partial charge in [0.05, 0.1) is 0 Å². The third-order valence-electron chi connectivity index (χ3n) is 2.33. The fourth-order valence-electron chi connectivity index (χ4n) is 1.63. The minimum atomic E-state index is -0.505. The predicted octanol–water partition coefficient (Wildman–Crippen LogP) is 2.66. The summed E-state index contributed by atoms with van der Waals surface area (Å²) in [7, 11) is 0. The second kappa shape index (κ2) is 4.36. The molecule has 0 saturated heterocycles. The summed E-state index contributed by atoms with van der Waals surface area (Å²) in [5, 5.41) is 3.25. The lowest BCUT2D eigenvalue weighted by atomic mass is 10.1. The Kier molecular flexibility index (Phi) is 2.92. The Hall–Kier alpha value is -1.48. The molecule has 0 radical (unpaired) electrons. The molecule has 0 saturated carbocycles. The largest absolute Gasteiger partial charge is 0.361 e. The predicted molar refractivity (Wildman–Crippen MR) is 61.3 cm³/mol. The minimum absolute atomic E-state index is 0.505. The molecular formula is C11H11ClN2O. The highest BCUT2D eigenvalue weighted by Crippen LogP contribution is 2.17.